The quantitative estimate of drug-likeness (QED) is 0.844. The van der Waals surface area contributed by atoms with Crippen molar-refractivity contribution in [2.45, 2.75) is 31.1 Å². The summed E-state index contributed by atoms with van der Waals surface area (Å²) in [5.41, 5.74) is 1.23. The highest BCUT2D eigenvalue weighted by atomic mass is 32.2. The summed E-state index contributed by atoms with van der Waals surface area (Å²) in [6.07, 6.45) is 2.34. The van der Waals surface area contributed by atoms with Crippen molar-refractivity contribution in [1.29, 1.82) is 0 Å². The van der Waals surface area contributed by atoms with Gasteiger partial charge in [0.25, 0.3) is 5.91 Å². The number of carbonyl (C=O) groups is 1. The van der Waals surface area contributed by atoms with E-state index in [-0.39, 0.29) is 10.8 Å². The number of hydrogen-bond donors (Lipinski definition) is 1. The summed E-state index contributed by atoms with van der Waals surface area (Å²) < 4.78 is 31.5. The first-order valence-corrected chi connectivity index (χ1v) is 9.71. The van der Waals surface area contributed by atoms with Gasteiger partial charge in [-0.3, -0.25) is 4.79 Å². The largest absolute Gasteiger partial charge is 0.361 e. The van der Waals surface area contributed by atoms with Gasteiger partial charge in [-0.1, -0.05) is 5.16 Å². The molecule has 0 unspecified atom stereocenters. The fourth-order valence-corrected chi connectivity index (χ4v) is 4.31. The van der Waals surface area contributed by atoms with Gasteiger partial charge in [0.2, 0.25) is 10.0 Å². The van der Waals surface area contributed by atoms with Gasteiger partial charge in [0.1, 0.15) is 5.76 Å². The monoisotopic (exact) mass is 363 g/mol. The predicted octanol–water partition coefficient (Wildman–Crippen LogP) is 1.74. The molecule has 0 spiro atoms. The van der Waals surface area contributed by atoms with E-state index < -0.39 is 10.0 Å². The average Bonchev–Trinajstić information content (AvgIpc) is 3.27. The Morgan fingerprint density at radius 1 is 1.24 bits per heavy atom. The van der Waals surface area contributed by atoms with Crippen molar-refractivity contribution in [3.8, 4) is 0 Å². The molecule has 0 bridgehead atoms. The number of rotatable bonds is 6. The Morgan fingerprint density at radius 3 is 2.52 bits per heavy atom. The Bertz CT molecular complexity index is 837. The molecule has 0 aliphatic carbocycles. The third-order valence-electron chi connectivity index (χ3n) is 4.15. The fraction of sp³-hybridized carbons (Fsp3) is 0.412. The number of amides is 1. The normalized spacial score (nSPS) is 15.4. The van der Waals surface area contributed by atoms with Crippen molar-refractivity contribution in [2.24, 2.45) is 0 Å². The van der Waals surface area contributed by atoms with E-state index in [2.05, 4.69) is 10.5 Å². The van der Waals surface area contributed by atoms with Gasteiger partial charge < -0.3 is 9.84 Å². The number of carbonyl (C=O) groups excluding carboxylic acids is 1. The Hall–Kier alpha value is -2.19. The molecule has 0 saturated carbocycles. The average molecular weight is 363 g/mol. The van der Waals surface area contributed by atoms with Gasteiger partial charge in [-0.15, -0.1) is 0 Å². The molecule has 1 amide bonds. The topological polar surface area (TPSA) is 92.5 Å². The van der Waals surface area contributed by atoms with E-state index in [1.165, 1.54) is 28.6 Å². The van der Waals surface area contributed by atoms with Gasteiger partial charge in [-0.2, -0.15) is 4.31 Å². The first kappa shape index (κ1) is 17.6. The van der Waals surface area contributed by atoms with Gasteiger partial charge in [0.15, 0.2) is 0 Å². The van der Waals surface area contributed by atoms with E-state index in [4.69, 9.17) is 4.52 Å². The van der Waals surface area contributed by atoms with Crippen LogP contribution in [0.1, 0.15) is 34.7 Å². The van der Waals surface area contributed by atoms with Crippen LogP contribution in [0.4, 0.5) is 0 Å². The van der Waals surface area contributed by atoms with E-state index >= 15 is 0 Å². The standard InChI is InChI=1S/C17H21N3O4S/c1-13-12-15(24-19-13)8-9-18-17(21)14-4-6-16(7-5-14)25(22,23)20-10-2-3-11-20/h4-7,12H,2-3,8-11H2,1H3,(H,18,21). The first-order valence-electron chi connectivity index (χ1n) is 8.27. The van der Waals surface area contributed by atoms with Crippen molar-refractivity contribution in [3.63, 3.8) is 0 Å². The van der Waals surface area contributed by atoms with Crippen LogP contribution >= 0.6 is 0 Å². The minimum Gasteiger partial charge on any atom is -0.361 e. The summed E-state index contributed by atoms with van der Waals surface area (Å²) >= 11 is 0. The maximum Gasteiger partial charge on any atom is 0.251 e. The minimum absolute atomic E-state index is 0.225. The molecule has 1 saturated heterocycles. The predicted molar refractivity (Wildman–Crippen MR) is 91.7 cm³/mol. The van der Waals surface area contributed by atoms with Crippen LogP contribution in [0.15, 0.2) is 39.8 Å². The number of benzene rings is 1. The van der Waals surface area contributed by atoms with Crippen molar-refractivity contribution in [3.05, 3.63) is 47.3 Å². The van der Waals surface area contributed by atoms with Crippen LogP contribution in [0.25, 0.3) is 0 Å². The lowest BCUT2D eigenvalue weighted by Crippen LogP contribution is -2.28. The van der Waals surface area contributed by atoms with Gasteiger partial charge in [0, 0.05) is 37.7 Å². The molecule has 2 aromatic rings. The third kappa shape index (κ3) is 4.08. The Labute approximate surface area is 147 Å². The summed E-state index contributed by atoms with van der Waals surface area (Å²) in [5, 5.41) is 6.57. The van der Waals surface area contributed by atoms with Crippen LogP contribution in [0, 0.1) is 6.92 Å². The molecule has 1 aromatic heterocycles. The second kappa shape index (κ2) is 7.37. The number of sulfonamides is 1. The lowest BCUT2D eigenvalue weighted by atomic mass is 10.2. The summed E-state index contributed by atoms with van der Waals surface area (Å²) in [6.45, 7) is 3.38. The third-order valence-corrected chi connectivity index (χ3v) is 6.07. The van der Waals surface area contributed by atoms with Gasteiger partial charge in [-0.05, 0) is 44.0 Å². The van der Waals surface area contributed by atoms with E-state index in [1.807, 2.05) is 13.0 Å². The summed E-state index contributed by atoms with van der Waals surface area (Å²) in [4.78, 5) is 12.4. The van der Waals surface area contributed by atoms with Crippen molar-refractivity contribution in [1.82, 2.24) is 14.8 Å². The number of aromatic nitrogens is 1. The highest BCUT2D eigenvalue weighted by Crippen LogP contribution is 2.21. The summed E-state index contributed by atoms with van der Waals surface area (Å²) in [6, 6.07) is 7.88. The molecule has 3 rings (SSSR count). The zero-order chi connectivity index (χ0) is 17.9. The van der Waals surface area contributed by atoms with Crippen molar-refractivity contribution >= 4 is 15.9 Å². The lowest BCUT2D eigenvalue weighted by molar-refractivity contribution is 0.0953. The van der Waals surface area contributed by atoms with Crippen LogP contribution in [0.3, 0.4) is 0 Å². The Balaban J connectivity index is 1.58. The van der Waals surface area contributed by atoms with E-state index in [1.54, 1.807) is 0 Å². The highest BCUT2D eigenvalue weighted by molar-refractivity contribution is 7.89. The van der Waals surface area contributed by atoms with Crippen LogP contribution in [0.5, 0.6) is 0 Å². The Morgan fingerprint density at radius 2 is 1.92 bits per heavy atom. The van der Waals surface area contributed by atoms with Gasteiger partial charge >= 0.3 is 0 Å². The zero-order valence-electron chi connectivity index (χ0n) is 14.1. The molecular weight excluding hydrogens is 342 g/mol. The van der Waals surface area contributed by atoms with E-state index in [0.717, 1.165) is 18.5 Å². The Kier molecular flexibility index (Phi) is 5.19. The molecule has 134 valence electrons. The molecule has 1 fully saturated rings. The highest BCUT2D eigenvalue weighted by Gasteiger charge is 2.27. The minimum atomic E-state index is -3.45. The van der Waals surface area contributed by atoms with Crippen LogP contribution < -0.4 is 5.32 Å². The molecule has 8 heteroatoms. The number of nitrogens with zero attached hydrogens (tertiary/aromatic N) is 2. The van der Waals surface area contributed by atoms with Crippen LogP contribution in [-0.2, 0) is 16.4 Å². The molecule has 7 nitrogen and oxygen atoms in total. The molecule has 0 radical (unpaired) electrons. The molecule has 1 N–H and O–H groups in total. The maximum absolute atomic E-state index is 12.5. The molecule has 1 aliphatic rings. The fourth-order valence-electron chi connectivity index (χ4n) is 2.79. The van der Waals surface area contributed by atoms with Gasteiger partial charge in [0.05, 0.1) is 10.6 Å². The maximum atomic E-state index is 12.5. The number of hydrogen-bond acceptors (Lipinski definition) is 5. The molecule has 25 heavy (non-hydrogen) atoms. The van der Waals surface area contributed by atoms with Crippen molar-refractivity contribution < 1.29 is 17.7 Å². The lowest BCUT2D eigenvalue weighted by Gasteiger charge is -2.15. The van der Waals surface area contributed by atoms with E-state index in [9.17, 15) is 13.2 Å². The molecule has 1 aliphatic heterocycles. The second-order valence-corrected chi connectivity index (χ2v) is 8.01. The molecule has 1 aromatic carbocycles. The van der Waals surface area contributed by atoms with Crippen LogP contribution in [0.2, 0.25) is 0 Å². The summed E-state index contributed by atoms with van der Waals surface area (Å²) in [5.74, 6) is 0.464. The molecule has 2 heterocycles. The summed E-state index contributed by atoms with van der Waals surface area (Å²) in [7, 11) is -3.45. The smallest absolute Gasteiger partial charge is 0.251 e. The zero-order valence-corrected chi connectivity index (χ0v) is 14.9. The van der Waals surface area contributed by atoms with Gasteiger partial charge in [-0.25, -0.2) is 8.42 Å². The van der Waals surface area contributed by atoms with E-state index in [0.29, 0.717) is 37.4 Å². The van der Waals surface area contributed by atoms with Crippen molar-refractivity contribution in [2.75, 3.05) is 19.6 Å². The number of aryl methyl sites for hydroxylation is 1. The molecule has 0 atom stereocenters. The molecular formula is C17H21N3O4S. The second-order valence-electron chi connectivity index (χ2n) is 6.08. The van der Waals surface area contributed by atoms with Crippen LogP contribution in [-0.4, -0.2) is 43.4 Å². The first-order chi connectivity index (χ1) is 12.0. The number of nitrogens with one attached hydrogen (secondary N) is 1. The SMILES string of the molecule is Cc1cc(CCNC(=O)c2ccc(S(=O)(=O)N3CCCC3)cc2)on1.